The van der Waals surface area contributed by atoms with Crippen LogP contribution in [0.2, 0.25) is 0 Å². The fourth-order valence-electron chi connectivity index (χ4n) is 3.11. The molecule has 0 bridgehead atoms. The van der Waals surface area contributed by atoms with Crippen LogP contribution in [0.1, 0.15) is 54.4 Å². The van der Waals surface area contributed by atoms with E-state index < -0.39 is 17.9 Å². The number of anilines is 1. The van der Waals surface area contributed by atoms with Crippen molar-refractivity contribution in [3.63, 3.8) is 0 Å². The number of ether oxygens (including phenoxy) is 1. The Morgan fingerprint density at radius 3 is 2.76 bits per heavy atom. The van der Waals surface area contributed by atoms with E-state index in [9.17, 15) is 14.4 Å². The predicted octanol–water partition coefficient (Wildman–Crippen LogP) is 3.13. The summed E-state index contributed by atoms with van der Waals surface area (Å²) in [6, 6.07) is -0.360. The standard InChI is InChI=1S/C17H22N2O5S/c1-2-24-16(22)13-12(10-5-6-10)9-25-14(13)18-17(23)19-7-3-4-11(8-19)15(20)21/h9-11H,2-8H2,1H3,(H,18,23)(H,20,21). The van der Waals surface area contributed by atoms with Gasteiger partial charge in [-0.2, -0.15) is 0 Å². The maximum atomic E-state index is 12.5. The molecule has 3 rings (SSSR count). The minimum atomic E-state index is -0.878. The normalized spacial score (nSPS) is 20.2. The lowest BCUT2D eigenvalue weighted by molar-refractivity contribution is -0.143. The molecular formula is C17H22N2O5S. The van der Waals surface area contributed by atoms with Crippen molar-refractivity contribution in [1.82, 2.24) is 4.90 Å². The highest BCUT2D eigenvalue weighted by molar-refractivity contribution is 7.15. The summed E-state index contributed by atoms with van der Waals surface area (Å²) in [5.41, 5.74) is 1.40. The number of hydrogen-bond acceptors (Lipinski definition) is 5. The topological polar surface area (TPSA) is 95.9 Å². The van der Waals surface area contributed by atoms with Gasteiger partial charge >= 0.3 is 18.0 Å². The molecule has 1 aromatic heterocycles. The summed E-state index contributed by atoms with van der Waals surface area (Å²) in [4.78, 5) is 37.5. The lowest BCUT2D eigenvalue weighted by Crippen LogP contribution is -2.44. The number of nitrogens with one attached hydrogen (secondary N) is 1. The Hall–Kier alpha value is -2.09. The van der Waals surface area contributed by atoms with Gasteiger partial charge in [0.05, 0.1) is 18.1 Å². The number of amides is 2. The van der Waals surface area contributed by atoms with E-state index in [0.717, 1.165) is 18.4 Å². The molecule has 1 unspecified atom stereocenters. The molecule has 2 heterocycles. The first-order chi connectivity index (χ1) is 12.0. The molecule has 2 fully saturated rings. The maximum absolute atomic E-state index is 12.5. The highest BCUT2D eigenvalue weighted by Gasteiger charge is 2.33. The van der Waals surface area contributed by atoms with Gasteiger partial charge in [-0.1, -0.05) is 0 Å². The van der Waals surface area contributed by atoms with Gasteiger partial charge in [0.1, 0.15) is 5.00 Å². The lowest BCUT2D eigenvalue weighted by Gasteiger charge is -2.30. The van der Waals surface area contributed by atoms with Crippen molar-refractivity contribution in [2.24, 2.45) is 5.92 Å². The number of carboxylic acids is 1. The Bertz CT molecular complexity index is 683. The quantitative estimate of drug-likeness (QED) is 0.781. The van der Waals surface area contributed by atoms with Gasteiger partial charge in [-0.25, -0.2) is 9.59 Å². The predicted molar refractivity (Wildman–Crippen MR) is 93.2 cm³/mol. The number of aliphatic carboxylic acids is 1. The van der Waals surface area contributed by atoms with Crippen molar-refractivity contribution in [3.05, 3.63) is 16.5 Å². The van der Waals surface area contributed by atoms with Crippen molar-refractivity contribution >= 4 is 34.3 Å². The van der Waals surface area contributed by atoms with E-state index in [4.69, 9.17) is 9.84 Å². The molecule has 8 heteroatoms. The van der Waals surface area contributed by atoms with E-state index in [1.54, 1.807) is 6.92 Å². The maximum Gasteiger partial charge on any atom is 0.341 e. The fraction of sp³-hybridized carbons (Fsp3) is 0.588. The van der Waals surface area contributed by atoms with Crippen LogP contribution >= 0.6 is 11.3 Å². The molecule has 0 aromatic carbocycles. The molecule has 7 nitrogen and oxygen atoms in total. The van der Waals surface area contributed by atoms with Gasteiger partial charge in [0.2, 0.25) is 0 Å². The van der Waals surface area contributed by atoms with Gasteiger partial charge in [0, 0.05) is 13.1 Å². The zero-order valence-electron chi connectivity index (χ0n) is 14.1. The summed E-state index contributed by atoms with van der Waals surface area (Å²) >= 11 is 1.32. The Labute approximate surface area is 150 Å². The third kappa shape index (κ3) is 3.95. The number of urea groups is 1. The first-order valence-corrected chi connectivity index (χ1v) is 9.46. The third-order valence-corrected chi connectivity index (χ3v) is 5.51. The number of carboxylic acid groups (broad SMARTS) is 1. The molecule has 1 saturated carbocycles. The van der Waals surface area contributed by atoms with Crippen LogP contribution < -0.4 is 5.32 Å². The highest BCUT2D eigenvalue weighted by atomic mass is 32.1. The monoisotopic (exact) mass is 366 g/mol. The number of carbonyl (C=O) groups excluding carboxylic acids is 2. The van der Waals surface area contributed by atoms with Gasteiger partial charge in [-0.05, 0) is 49.5 Å². The van der Waals surface area contributed by atoms with Crippen molar-refractivity contribution < 1.29 is 24.2 Å². The van der Waals surface area contributed by atoms with Gasteiger partial charge in [-0.3, -0.25) is 10.1 Å². The summed E-state index contributed by atoms with van der Waals surface area (Å²) in [6.45, 7) is 2.74. The largest absolute Gasteiger partial charge is 0.481 e. The van der Waals surface area contributed by atoms with E-state index in [1.807, 2.05) is 5.38 Å². The van der Waals surface area contributed by atoms with Crippen LogP contribution in [-0.4, -0.2) is 47.7 Å². The van der Waals surface area contributed by atoms with Crippen LogP contribution in [0.25, 0.3) is 0 Å². The number of carbonyl (C=O) groups is 3. The molecule has 1 aliphatic heterocycles. The first-order valence-electron chi connectivity index (χ1n) is 8.58. The lowest BCUT2D eigenvalue weighted by atomic mass is 9.99. The summed E-state index contributed by atoms with van der Waals surface area (Å²) in [7, 11) is 0. The van der Waals surface area contributed by atoms with Crippen LogP contribution in [0.5, 0.6) is 0 Å². The van der Waals surface area contributed by atoms with E-state index in [2.05, 4.69) is 5.32 Å². The fourth-order valence-corrected chi connectivity index (χ4v) is 4.13. The van der Waals surface area contributed by atoms with Crippen LogP contribution in [0.15, 0.2) is 5.38 Å². The van der Waals surface area contributed by atoms with Crippen LogP contribution in [0.4, 0.5) is 9.80 Å². The summed E-state index contributed by atoms with van der Waals surface area (Å²) in [5, 5.41) is 14.4. The minimum Gasteiger partial charge on any atom is -0.481 e. The second-order valence-corrected chi connectivity index (χ2v) is 7.32. The zero-order valence-corrected chi connectivity index (χ0v) is 14.9. The second kappa shape index (κ2) is 7.43. The Balaban J connectivity index is 1.74. The average Bonchev–Trinajstić information content (AvgIpc) is 3.36. The van der Waals surface area contributed by atoms with E-state index >= 15 is 0 Å². The molecule has 1 saturated heterocycles. The summed E-state index contributed by atoms with van der Waals surface area (Å²) in [6.07, 6.45) is 3.33. The molecule has 1 atom stereocenters. The number of piperidine rings is 1. The smallest absolute Gasteiger partial charge is 0.341 e. The number of rotatable bonds is 5. The van der Waals surface area contributed by atoms with Crippen molar-refractivity contribution in [1.29, 1.82) is 0 Å². The number of esters is 1. The molecular weight excluding hydrogens is 344 g/mol. The number of thiophene rings is 1. The van der Waals surface area contributed by atoms with Crippen LogP contribution in [0, 0.1) is 5.92 Å². The Morgan fingerprint density at radius 1 is 1.36 bits per heavy atom. The Kier molecular flexibility index (Phi) is 5.27. The van der Waals surface area contributed by atoms with Crippen LogP contribution in [-0.2, 0) is 9.53 Å². The molecule has 0 radical (unpaired) electrons. The SMILES string of the molecule is CCOC(=O)c1c(C2CC2)csc1NC(=O)N1CCCC(C(=O)O)C1. The van der Waals surface area contributed by atoms with Gasteiger partial charge < -0.3 is 14.7 Å². The second-order valence-electron chi connectivity index (χ2n) is 6.44. The molecule has 0 spiro atoms. The molecule has 1 aliphatic carbocycles. The highest BCUT2D eigenvalue weighted by Crippen LogP contribution is 2.46. The van der Waals surface area contributed by atoms with Gasteiger partial charge in [-0.15, -0.1) is 11.3 Å². The number of hydrogen-bond donors (Lipinski definition) is 2. The van der Waals surface area contributed by atoms with E-state index in [-0.39, 0.29) is 19.2 Å². The minimum absolute atomic E-state index is 0.191. The zero-order chi connectivity index (χ0) is 18.0. The van der Waals surface area contributed by atoms with Crippen molar-refractivity contribution in [2.75, 3.05) is 25.0 Å². The third-order valence-electron chi connectivity index (χ3n) is 4.59. The molecule has 1 aromatic rings. The van der Waals surface area contributed by atoms with Gasteiger partial charge in [0.15, 0.2) is 0 Å². The van der Waals surface area contributed by atoms with E-state index in [1.165, 1.54) is 16.2 Å². The van der Waals surface area contributed by atoms with Crippen molar-refractivity contribution in [3.8, 4) is 0 Å². The number of nitrogens with zero attached hydrogens (tertiary/aromatic N) is 1. The summed E-state index contributed by atoms with van der Waals surface area (Å²) < 4.78 is 5.15. The Morgan fingerprint density at radius 2 is 2.12 bits per heavy atom. The molecule has 25 heavy (non-hydrogen) atoms. The molecule has 2 amide bonds. The van der Waals surface area contributed by atoms with Crippen LogP contribution in [0.3, 0.4) is 0 Å². The van der Waals surface area contributed by atoms with E-state index in [0.29, 0.717) is 35.9 Å². The van der Waals surface area contributed by atoms with Crippen molar-refractivity contribution in [2.45, 2.75) is 38.5 Å². The van der Waals surface area contributed by atoms with Gasteiger partial charge in [0.25, 0.3) is 0 Å². The molecule has 2 N–H and O–H groups in total. The number of likely N-dealkylation sites (tertiary alicyclic amines) is 1. The average molecular weight is 366 g/mol. The molecule has 2 aliphatic rings. The molecule has 136 valence electrons. The summed E-state index contributed by atoms with van der Waals surface area (Å²) in [5.74, 6) is -1.46. The first kappa shape index (κ1) is 17.7.